The Balaban J connectivity index is 0.817. The third kappa shape index (κ3) is 28.4. The van der Waals surface area contributed by atoms with Crippen molar-refractivity contribution in [3.05, 3.63) is 198 Å². The summed E-state index contributed by atoms with van der Waals surface area (Å²) in [7, 11) is -5.13. The van der Waals surface area contributed by atoms with Gasteiger partial charge in [0.05, 0.1) is 72.7 Å². The predicted octanol–water partition coefficient (Wildman–Crippen LogP) is 24.0. The van der Waals surface area contributed by atoms with Crippen molar-refractivity contribution < 1.29 is 73.1 Å². The molecule has 0 aliphatic rings. The molecular weight excluding hydrogens is 1900 g/mol. The molecule has 6 aromatic heterocycles. The molecule has 12 aromatic rings. The van der Waals surface area contributed by atoms with Gasteiger partial charge < -0.3 is 60.8 Å². The molecule has 0 radical (unpaired) electrons. The van der Waals surface area contributed by atoms with Gasteiger partial charge in [-0.05, 0) is 163 Å². The van der Waals surface area contributed by atoms with Gasteiger partial charge in [-0.15, -0.1) is 0 Å². The maximum absolute atomic E-state index is 19.0. The normalized spacial score (nSPS) is 12.8. The van der Waals surface area contributed by atoms with Gasteiger partial charge in [0.2, 0.25) is 17.7 Å². The van der Waals surface area contributed by atoms with Crippen LogP contribution in [0.15, 0.2) is 146 Å². The van der Waals surface area contributed by atoms with E-state index in [0.29, 0.717) is 200 Å². The SMILES string of the molecule is CCCCN(CCCOc1ccc2c(Nc3cc(CC(=O)Nc4cccc(F)c4F)[nH]n3)ncnc2c1)CC(OP(=O)(OC(CN(CCCC)CCCOc1ccc2c(Nc3cc(CC(=O)Nc4cccc(F)c4F)[nH]n3)ncnc2c1)(C(C)(C)C)C(C)(C)C)OC(CN(CCCC)CCCOc1ccc2c(Nc3cc(CC(=O)Nc4cccc(F)c4F)[nH]n3)ncnc2c1)(C(C)(C)C)C(C)(C)C)(C(C)(C)C)C(C)(C)C. The molecule has 0 bridgehead atoms. The highest BCUT2D eigenvalue weighted by atomic mass is 31.2. The van der Waals surface area contributed by atoms with Crippen molar-refractivity contribution in [2.24, 2.45) is 32.5 Å². The van der Waals surface area contributed by atoms with E-state index in [1.54, 1.807) is 18.2 Å². The van der Waals surface area contributed by atoms with Crippen LogP contribution in [-0.2, 0) is 51.8 Å². The van der Waals surface area contributed by atoms with Crippen LogP contribution in [0.2, 0.25) is 0 Å². The van der Waals surface area contributed by atoms with Crippen molar-refractivity contribution in [3.8, 4) is 17.2 Å². The van der Waals surface area contributed by atoms with Gasteiger partial charge in [0.1, 0.15) is 70.5 Å². The highest BCUT2D eigenvalue weighted by Gasteiger charge is 2.66. The summed E-state index contributed by atoms with van der Waals surface area (Å²) in [5.74, 6) is -4.31. The molecule has 0 atom stereocenters. The highest BCUT2D eigenvalue weighted by Crippen LogP contribution is 2.70. The molecule has 0 aliphatic heterocycles. The fourth-order valence-electron chi connectivity index (χ4n) is 19.2. The molecule has 31 nitrogen and oxygen atoms in total. The third-order valence-corrected chi connectivity index (χ3v) is 28.3. The van der Waals surface area contributed by atoms with Crippen molar-refractivity contribution in [1.29, 1.82) is 0 Å². The number of aromatic amines is 3. The molecular formula is C108H144F6N21O10P. The van der Waals surface area contributed by atoms with Gasteiger partial charge in [0, 0.05) is 109 Å². The summed E-state index contributed by atoms with van der Waals surface area (Å²) >= 11 is 0. The summed E-state index contributed by atoms with van der Waals surface area (Å²) in [4.78, 5) is 73.5. The van der Waals surface area contributed by atoms with E-state index in [1.165, 1.54) is 55.4 Å². The second-order valence-corrected chi connectivity index (χ2v) is 45.0. The number of rotatable bonds is 51. The van der Waals surface area contributed by atoms with Gasteiger partial charge in [0.25, 0.3) is 0 Å². The van der Waals surface area contributed by atoms with E-state index in [4.69, 9.17) is 27.8 Å². The molecule has 788 valence electrons. The number of halogens is 6. The minimum Gasteiger partial charge on any atom is -0.493 e. The first-order valence-electron chi connectivity index (χ1n) is 50.1. The number of nitrogens with zero attached hydrogens (tertiary/aromatic N) is 12. The molecule has 0 aliphatic carbocycles. The number of H-pyrrole nitrogens is 3. The van der Waals surface area contributed by atoms with E-state index < -0.39 is 110 Å². The summed E-state index contributed by atoms with van der Waals surface area (Å²) in [6.07, 6.45) is 10.6. The lowest BCUT2D eigenvalue weighted by molar-refractivity contribution is -0.212. The van der Waals surface area contributed by atoms with Crippen molar-refractivity contribution in [2.75, 3.05) is 111 Å². The fourth-order valence-corrected chi connectivity index (χ4v) is 22.2. The first-order valence-corrected chi connectivity index (χ1v) is 51.6. The second kappa shape index (κ2) is 48.2. The average molecular weight is 2040 g/mol. The largest absolute Gasteiger partial charge is 0.493 e. The minimum absolute atomic E-state index is 0.200. The van der Waals surface area contributed by atoms with Gasteiger partial charge in [-0.25, -0.2) is 60.8 Å². The Morgan fingerprint density at radius 1 is 0.342 bits per heavy atom. The number of ether oxygens (including phenoxy) is 3. The number of phosphoric ester groups is 1. The zero-order valence-corrected chi connectivity index (χ0v) is 88.9. The Labute approximate surface area is 852 Å². The monoisotopic (exact) mass is 2040 g/mol. The smallest absolute Gasteiger partial charge is 0.476 e. The van der Waals surface area contributed by atoms with E-state index in [0.717, 1.165) is 56.7 Å². The molecule has 0 fully saturated rings. The molecule has 146 heavy (non-hydrogen) atoms. The van der Waals surface area contributed by atoms with Crippen molar-refractivity contribution >= 4 is 110 Å². The summed E-state index contributed by atoms with van der Waals surface area (Å²) in [6.45, 7) is 51.0. The van der Waals surface area contributed by atoms with E-state index in [9.17, 15) is 40.7 Å². The van der Waals surface area contributed by atoms with Gasteiger partial charge in [-0.1, -0.05) is 183 Å². The lowest BCUT2D eigenvalue weighted by Gasteiger charge is -2.60. The van der Waals surface area contributed by atoms with Gasteiger partial charge in [-0.3, -0.25) is 43.3 Å². The predicted molar refractivity (Wildman–Crippen MR) is 560 cm³/mol. The number of anilines is 9. The van der Waals surface area contributed by atoms with Crippen LogP contribution in [0.5, 0.6) is 17.2 Å². The molecule has 6 aromatic carbocycles. The van der Waals surface area contributed by atoms with Crippen LogP contribution in [-0.4, -0.2) is 188 Å². The van der Waals surface area contributed by atoms with Gasteiger partial charge in [-0.2, -0.15) is 15.3 Å². The highest BCUT2D eigenvalue weighted by molar-refractivity contribution is 7.48. The average Bonchev–Trinajstić information content (AvgIpc) is 0.766. The Morgan fingerprint density at radius 2 is 0.596 bits per heavy atom. The maximum atomic E-state index is 19.0. The lowest BCUT2D eigenvalue weighted by Crippen LogP contribution is -2.65. The number of nitrogens with one attached hydrogen (secondary N) is 9. The molecule has 9 N–H and O–H groups in total. The molecule has 3 amide bonds. The Kier molecular flexibility index (Phi) is 37.1. The van der Waals surface area contributed by atoms with E-state index >= 15 is 4.57 Å². The summed E-state index contributed by atoms with van der Waals surface area (Å²) in [5, 5.41) is 40.4. The van der Waals surface area contributed by atoms with Crippen LogP contribution in [0.4, 0.5) is 78.3 Å². The van der Waals surface area contributed by atoms with E-state index in [-0.39, 0.29) is 36.3 Å². The molecule has 0 saturated carbocycles. The first kappa shape index (κ1) is 112. The van der Waals surface area contributed by atoms with Crippen molar-refractivity contribution in [1.82, 2.24) is 75.2 Å². The van der Waals surface area contributed by atoms with Crippen LogP contribution in [0, 0.1) is 67.4 Å². The van der Waals surface area contributed by atoms with Crippen molar-refractivity contribution in [3.63, 3.8) is 0 Å². The number of hydrogen-bond acceptors (Lipinski definition) is 25. The van der Waals surface area contributed by atoms with Crippen LogP contribution >= 0.6 is 7.82 Å². The number of carbonyl (C=O) groups excluding carboxylic acids is 3. The lowest BCUT2D eigenvalue weighted by atomic mass is 9.62. The van der Waals surface area contributed by atoms with E-state index in [1.807, 2.05) is 54.6 Å². The maximum Gasteiger partial charge on any atom is 0.476 e. The molecule has 12 rings (SSSR count). The molecule has 0 saturated heterocycles. The summed E-state index contributed by atoms with van der Waals surface area (Å²) in [5.41, 5.74) is -6.64. The molecule has 38 heteroatoms. The zero-order valence-electron chi connectivity index (χ0n) is 88.0. The number of fused-ring (bicyclic) bond motifs is 3. The summed E-state index contributed by atoms with van der Waals surface area (Å²) in [6, 6.07) is 32.3. The van der Waals surface area contributed by atoms with Crippen molar-refractivity contribution in [2.45, 2.75) is 239 Å². The van der Waals surface area contributed by atoms with Crippen LogP contribution < -0.4 is 46.1 Å². The standard InChI is InChI=1S/C108H144F6N21O10P/c1-22-25-46-133(49-31-52-140-73-40-43-76-85(61-73)115-67-118-97(76)124-88-55-70(127-130-88)58-91(136)121-82-37-28-34-79(109)94(82)112)64-106(100(4,5)6,101(7,8)9)143-146(139,144-107(102(10,11)12,103(13,14)15)65-134(47-26-23-2)50-32-53-141-74-41-44-77-86(62-74)116-68-119-98(77)125-89-56-71(128-131-89)59-92(137)122-83-38-29-35-80(110)95(83)113)145-108(104(16,17)18,105(19,20)21)66-135(48-27-24-3)51-33-54-142-75-42-45-78-87(63-75)117-69-120-99(78)126-90-57-72(129-132-90)60-93(138)123-84-39-30-36-81(111)96(84)114/h28-30,34-45,55-57,61-63,67-69H,22-27,31-33,46-54,58-60,64-66H2,1-21H3,(H,121,136)(H,122,137)(H,123,138)(H2,115,118,124,127,130)(H2,116,119,125,128,131)(H2,117,120,126,129,132). The Bertz CT molecular complexity index is 5830. The number of hydrogen-bond donors (Lipinski definition) is 9. The zero-order chi connectivity index (χ0) is 106. The quantitative estimate of drug-likeness (QED) is 0.00971. The molecule has 0 unspecified atom stereocenters. The molecule has 0 spiro atoms. The summed E-state index contributed by atoms with van der Waals surface area (Å²) < 4.78 is 149. The van der Waals surface area contributed by atoms with Gasteiger partial charge >= 0.3 is 7.82 Å². The Hall–Kier alpha value is -12.3. The van der Waals surface area contributed by atoms with Crippen LogP contribution in [0.3, 0.4) is 0 Å². The second-order valence-electron chi connectivity index (χ2n) is 43.6. The van der Waals surface area contributed by atoms with E-state index in [2.05, 4.69) is 252 Å². The number of unbranched alkanes of at least 4 members (excludes halogenated alkanes) is 3. The number of phosphoric acid groups is 1. The third-order valence-electron chi connectivity index (χ3n) is 26.7. The fraction of sp³-hybridized carbons (Fsp3) is 0.500. The number of carbonyl (C=O) groups is 3. The number of amides is 3. The van der Waals surface area contributed by atoms with Crippen LogP contribution in [0.1, 0.15) is 220 Å². The Morgan fingerprint density at radius 3 is 0.842 bits per heavy atom. The van der Waals surface area contributed by atoms with Crippen LogP contribution in [0.25, 0.3) is 32.7 Å². The molecule has 6 heterocycles. The number of aromatic nitrogens is 12. The topological polar surface area (TPSA) is 369 Å². The number of benzene rings is 6. The minimum atomic E-state index is -5.13. The van der Waals surface area contributed by atoms with Gasteiger partial charge in [0.15, 0.2) is 52.4 Å². The first-order chi connectivity index (χ1) is 68.9.